The summed E-state index contributed by atoms with van der Waals surface area (Å²) in [6.07, 6.45) is -25.2. The topological polar surface area (TPSA) is 86.7 Å². The molecule has 2 aromatic carbocycles. The van der Waals surface area contributed by atoms with Crippen LogP contribution in [0.15, 0.2) is 12.1 Å². The van der Waals surface area contributed by atoms with Crippen LogP contribution in [0.3, 0.4) is 0 Å². The second-order valence-corrected chi connectivity index (χ2v) is 7.54. The average Bonchev–Trinajstić information content (AvgIpc) is 2.74. The molecule has 0 saturated heterocycles. The van der Waals surface area contributed by atoms with Crippen molar-refractivity contribution in [2.24, 2.45) is 0 Å². The summed E-state index contributed by atoms with van der Waals surface area (Å²) in [6, 6.07) is -1.41. The normalized spacial score (nSPS) is 16.0. The van der Waals surface area contributed by atoms with Crippen LogP contribution >= 0.6 is 0 Å². The molecular weight excluding hydrogens is 564 g/mol. The lowest BCUT2D eigenvalue weighted by Gasteiger charge is -2.26. The molecule has 0 aromatic heterocycles. The quantitative estimate of drug-likeness (QED) is 0.219. The molecule has 38 heavy (non-hydrogen) atoms. The average molecular weight is 566 g/mol. The van der Waals surface area contributed by atoms with Gasteiger partial charge >= 0.3 is 48.6 Å². The van der Waals surface area contributed by atoms with Crippen molar-refractivity contribution in [3.63, 3.8) is 0 Å². The van der Waals surface area contributed by atoms with Gasteiger partial charge in [-0.1, -0.05) is 0 Å². The van der Waals surface area contributed by atoms with Crippen molar-refractivity contribution >= 4 is 23.9 Å². The molecule has 0 atom stereocenters. The minimum absolute atomic E-state index is 0.704. The lowest BCUT2D eigenvalue weighted by molar-refractivity contribution is -0.146. The Balaban J connectivity index is 2.58. The maximum Gasteiger partial charge on any atom is 0.417 e. The molecule has 6 nitrogen and oxygen atoms in total. The van der Waals surface area contributed by atoms with Crippen molar-refractivity contribution in [3.05, 3.63) is 56.6 Å². The molecule has 0 fully saturated rings. The molecule has 0 amide bonds. The van der Waals surface area contributed by atoms with Crippen molar-refractivity contribution in [1.82, 2.24) is 0 Å². The number of fused-ring (bicyclic) bond motifs is 5. The Morgan fingerprint density at radius 1 is 0.421 bits per heavy atom. The fourth-order valence-electron chi connectivity index (χ4n) is 4.03. The van der Waals surface area contributed by atoms with Gasteiger partial charge in [0.2, 0.25) is 0 Å². The van der Waals surface area contributed by atoms with E-state index in [1.807, 2.05) is 0 Å². The third kappa shape index (κ3) is 3.94. The van der Waals surface area contributed by atoms with Gasteiger partial charge in [0.25, 0.3) is 0 Å². The first-order valence-corrected chi connectivity index (χ1v) is 9.31. The summed E-state index contributed by atoms with van der Waals surface area (Å²) in [5.41, 5.74) is -26.7. The van der Waals surface area contributed by atoms with E-state index in [1.54, 1.807) is 0 Å². The van der Waals surface area contributed by atoms with Gasteiger partial charge in [-0.05, 0) is 12.1 Å². The van der Waals surface area contributed by atoms with Crippen LogP contribution in [0, 0.1) is 0 Å². The van der Waals surface area contributed by atoms with Crippen molar-refractivity contribution < 1.29 is 81.3 Å². The summed E-state index contributed by atoms with van der Waals surface area (Å²) >= 11 is 0. The van der Waals surface area contributed by atoms with Gasteiger partial charge in [-0.25, -0.2) is 19.2 Å². The molecule has 2 heterocycles. The first kappa shape index (κ1) is 26.9. The Morgan fingerprint density at radius 2 is 0.711 bits per heavy atom. The van der Waals surface area contributed by atoms with Crippen LogP contribution in [0.25, 0.3) is 11.1 Å². The van der Waals surface area contributed by atoms with E-state index in [4.69, 9.17) is 0 Å². The predicted molar refractivity (Wildman–Crippen MR) is 91.4 cm³/mol. The van der Waals surface area contributed by atoms with E-state index in [-0.39, 0.29) is 0 Å². The molecule has 4 bridgehead atoms. The highest BCUT2D eigenvalue weighted by Crippen LogP contribution is 2.55. The number of alkyl halides is 12. The van der Waals surface area contributed by atoms with Crippen LogP contribution in [0.5, 0.6) is 0 Å². The third-order valence-corrected chi connectivity index (χ3v) is 5.30. The van der Waals surface area contributed by atoms with Crippen LogP contribution in [-0.4, -0.2) is 23.9 Å². The first-order chi connectivity index (χ1) is 17.1. The van der Waals surface area contributed by atoms with E-state index >= 15 is 0 Å². The van der Waals surface area contributed by atoms with E-state index in [2.05, 4.69) is 9.47 Å². The van der Waals surface area contributed by atoms with Gasteiger partial charge in [-0.15, -0.1) is 0 Å². The zero-order chi connectivity index (χ0) is 28.9. The van der Waals surface area contributed by atoms with E-state index in [1.165, 1.54) is 0 Å². The highest BCUT2D eigenvalue weighted by atomic mass is 19.4. The Hall–Kier alpha value is -4.12. The van der Waals surface area contributed by atoms with E-state index in [9.17, 15) is 71.9 Å². The van der Waals surface area contributed by atoms with Gasteiger partial charge in [-0.2, -0.15) is 52.7 Å². The fraction of sp³-hybridized carbons (Fsp3) is 0.200. The maximum absolute atomic E-state index is 14.2. The maximum atomic E-state index is 14.2. The van der Waals surface area contributed by atoms with E-state index in [0.717, 1.165) is 0 Å². The number of cyclic esters (lactones) is 2. The second kappa shape index (κ2) is 7.70. The summed E-state index contributed by atoms with van der Waals surface area (Å²) in [7, 11) is 0. The number of hydrogen-bond donors (Lipinski definition) is 0. The highest BCUT2D eigenvalue weighted by Gasteiger charge is 2.55. The van der Waals surface area contributed by atoms with Crippen molar-refractivity contribution in [1.29, 1.82) is 0 Å². The number of halogens is 12. The molecule has 2 aliphatic heterocycles. The fourth-order valence-corrected chi connectivity index (χ4v) is 4.03. The van der Waals surface area contributed by atoms with Gasteiger partial charge in [0, 0.05) is 11.1 Å². The van der Waals surface area contributed by atoms with Crippen molar-refractivity contribution in [2.75, 3.05) is 0 Å². The highest BCUT2D eigenvalue weighted by molar-refractivity contribution is 6.18. The van der Waals surface area contributed by atoms with Crippen LogP contribution in [0.1, 0.15) is 63.7 Å². The molecule has 2 aromatic rings. The third-order valence-electron chi connectivity index (χ3n) is 5.30. The van der Waals surface area contributed by atoms with Gasteiger partial charge in [0.1, 0.15) is 0 Å². The van der Waals surface area contributed by atoms with Gasteiger partial charge < -0.3 is 9.47 Å². The largest absolute Gasteiger partial charge is 0.417 e. The number of ether oxygens (including phenoxy) is 2. The van der Waals surface area contributed by atoms with Crippen LogP contribution < -0.4 is 0 Å². The minimum Gasteiger partial charge on any atom is -0.386 e. The second-order valence-electron chi connectivity index (χ2n) is 7.54. The monoisotopic (exact) mass is 566 g/mol. The SMILES string of the molecule is O=C1OC(=O)c2cc(C(F)(F)F)c3c(C(F)(F)F)c2C(=O)OC(=O)c2c1cc(C(F)(F)F)c-3c2C(F)(F)F. The zero-order valence-electron chi connectivity index (χ0n) is 17.1. The summed E-state index contributed by atoms with van der Waals surface area (Å²) in [5.74, 6) is -10.3. The molecule has 18 heteroatoms. The van der Waals surface area contributed by atoms with Crippen LogP contribution in [-0.2, 0) is 34.2 Å². The predicted octanol–water partition coefficient (Wildman–Crippen LogP) is 6.05. The lowest BCUT2D eigenvalue weighted by Crippen LogP contribution is -2.28. The van der Waals surface area contributed by atoms with Crippen LogP contribution in [0.2, 0.25) is 0 Å². The van der Waals surface area contributed by atoms with Crippen LogP contribution in [0.4, 0.5) is 52.7 Å². The smallest absolute Gasteiger partial charge is 0.386 e. The number of benzene rings is 2. The number of esters is 4. The minimum atomic E-state index is -6.39. The van der Waals surface area contributed by atoms with Crippen molar-refractivity contribution in [3.8, 4) is 11.1 Å². The molecule has 4 rings (SSSR count). The van der Waals surface area contributed by atoms with Crippen molar-refractivity contribution in [2.45, 2.75) is 24.7 Å². The molecular formula is C20H2F12O6. The molecule has 0 unspecified atom stereocenters. The van der Waals surface area contributed by atoms with E-state index < -0.39 is 116 Å². The zero-order valence-corrected chi connectivity index (χ0v) is 17.1. The van der Waals surface area contributed by atoms with Gasteiger partial charge in [-0.3, -0.25) is 0 Å². The molecule has 202 valence electrons. The Bertz CT molecular complexity index is 1360. The van der Waals surface area contributed by atoms with Gasteiger partial charge in [0.05, 0.1) is 44.5 Å². The molecule has 0 radical (unpaired) electrons. The number of carbonyl (C=O) groups excluding carboxylic acids is 4. The first-order valence-electron chi connectivity index (χ1n) is 9.31. The molecule has 0 N–H and O–H groups in total. The summed E-state index contributed by atoms with van der Waals surface area (Å²) in [5, 5.41) is 0. The number of hydrogen-bond acceptors (Lipinski definition) is 6. The summed E-state index contributed by atoms with van der Waals surface area (Å²) in [4.78, 5) is 49.8. The molecule has 0 aliphatic carbocycles. The Kier molecular flexibility index (Phi) is 5.46. The summed E-state index contributed by atoms with van der Waals surface area (Å²) in [6.45, 7) is 0. The van der Waals surface area contributed by atoms with Gasteiger partial charge in [0.15, 0.2) is 0 Å². The number of rotatable bonds is 0. The standard InChI is InChI=1S/C20H2F12O6/c21-17(22,23)5-1-3-7-11(19(27,28)29)9(5)10-6(18(24,25)26)2-4(14(34)37-13(3)33)8(12(10)20(30,31)32)16(36)38-15(7)35/h1-2H. The molecule has 0 saturated carbocycles. The molecule has 0 spiro atoms. The lowest BCUT2D eigenvalue weighted by atomic mass is 9.81. The number of carbonyl (C=O) groups is 4. The Morgan fingerprint density at radius 3 is 0.974 bits per heavy atom. The molecule has 2 aliphatic rings. The Labute approximate surface area is 198 Å². The summed E-state index contributed by atoms with van der Waals surface area (Å²) < 4.78 is 177. The van der Waals surface area contributed by atoms with E-state index in [0.29, 0.717) is 0 Å².